The maximum atomic E-state index is 12.6. The van der Waals surface area contributed by atoms with Crippen LogP contribution in [0.15, 0.2) is 65.4 Å². The van der Waals surface area contributed by atoms with Crippen molar-refractivity contribution in [2.45, 2.75) is 44.7 Å². The molecular formula is C24H25BrN4O. The highest BCUT2D eigenvalue weighted by molar-refractivity contribution is 9.10. The lowest BCUT2D eigenvalue weighted by atomic mass is 9.96. The van der Waals surface area contributed by atoms with E-state index in [0.29, 0.717) is 24.1 Å². The predicted octanol–water partition coefficient (Wildman–Crippen LogP) is 5.58. The third-order valence-corrected chi connectivity index (χ3v) is 5.94. The van der Waals surface area contributed by atoms with E-state index in [4.69, 9.17) is 0 Å². The molecule has 5 nitrogen and oxygen atoms in total. The molecule has 0 saturated heterocycles. The molecule has 0 spiro atoms. The Bertz CT molecular complexity index is 983. The van der Waals surface area contributed by atoms with E-state index in [1.165, 1.54) is 32.1 Å². The molecule has 1 fully saturated rings. The van der Waals surface area contributed by atoms with Crippen molar-refractivity contribution in [3.63, 3.8) is 0 Å². The molecule has 1 aliphatic carbocycles. The topological polar surface area (TPSA) is 66.9 Å². The molecule has 0 atom stereocenters. The van der Waals surface area contributed by atoms with Crippen LogP contribution >= 0.6 is 15.9 Å². The highest BCUT2D eigenvalue weighted by Gasteiger charge is 2.14. The Balaban J connectivity index is 1.39. The highest BCUT2D eigenvalue weighted by Crippen LogP contribution is 2.22. The highest BCUT2D eigenvalue weighted by atomic mass is 79.9. The lowest BCUT2D eigenvalue weighted by Crippen LogP contribution is -2.23. The van der Waals surface area contributed by atoms with Gasteiger partial charge in [0.15, 0.2) is 0 Å². The summed E-state index contributed by atoms with van der Waals surface area (Å²) in [5.74, 6) is 0.574. The molecule has 0 aliphatic heterocycles. The maximum absolute atomic E-state index is 12.6. The fraction of sp³-hybridized carbons (Fsp3) is 0.292. The number of carbonyl (C=O) groups excluding carboxylic acids is 1. The molecule has 6 heteroatoms. The Labute approximate surface area is 185 Å². The third-order valence-electron chi connectivity index (χ3n) is 5.41. The Morgan fingerprint density at radius 1 is 0.967 bits per heavy atom. The van der Waals surface area contributed by atoms with Gasteiger partial charge in [-0.2, -0.15) is 0 Å². The summed E-state index contributed by atoms with van der Waals surface area (Å²) in [6, 6.07) is 15.9. The second-order valence-corrected chi connectivity index (χ2v) is 8.58. The van der Waals surface area contributed by atoms with Crippen LogP contribution in [0, 0.1) is 0 Å². The van der Waals surface area contributed by atoms with Gasteiger partial charge in [0.05, 0.1) is 0 Å². The van der Waals surface area contributed by atoms with E-state index >= 15 is 0 Å². The van der Waals surface area contributed by atoms with Gasteiger partial charge >= 0.3 is 0 Å². The van der Waals surface area contributed by atoms with E-state index in [0.717, 1.165) is 21.2 Å². The molecule has 3 aromatic rings. The number of aromatic nitrogens is 2. The first-order chi connectivity index (χ1) is 14.7. The average molecular weight is 465 g/mol. The average Bonchev–Trinajstić information content (AvgIpc) is 2.80. The molecule has 0 unspecified atom stereocenters. The number of anilines is 1. The molecule has 30 heavy (non-hydrogen) atoms. The summed E-state index contributed by atoms with van der Waals surface area (Å²) in [7, 11) is 0. The van der Waals surface area contributed by atoms with Crippen molar-refractivity contribution >= 4 is 27.8 Å². The first-order valence-electron chi connectivity index (χ1n) is 10.4. The third kappa shape index (κ3) is 5.45. The van der Waals surface area contributed by atoms with Gasteiger partial charge in [0, 0.05) is 40.6 Å². The van der Waals surface area contributed by atoms with Crippen molar-refractivity contribution in [3.05, 3.63) is 76.5 Å². The molecule has 154 valence electrons. The Kier molecular flexibility index (Phi) is 6.74. The molecule has 1 heterocycles. The Morgan fingerprint density at radius 3 is 2.43 bits per heavy atom. The van der Waals surface area contributed by atoms with E-state index in [1.807, 2.05) is 60.9 Å². The van der Waals surface area contributed by atoms with Crippen molar-refractivity contribution in [1.82, 2.24) is 15.3 Å². The molecule has 1 saturated carbocycles. The molecule has 2 aromatic carbocycles. The number of hydrogen-bond acceptors (Lipinski definition) is 4. The first-order valence-corrected chi connectivity index (χ1v) is 11.2. The van der Waals surface area contributed by atoms with Crippen molar-refractivity contribution in [3.8, 4) is 11.1 Å². The predicted molar refractivity (Wildman–Crippen MR) is 123 cm³/mol. The molecule has 1 aromatic heterocycles. The number of nitrogens with zero attached hydrogens (tertiary/aromatic N) is 2. The second-order valence-electron chi connectivity index (χ2n) is 7.66. The second kappa shape index (κ2) is 9.85. The SMILES string of the molecule is O=C(NCc1ccc(Br)cc1)c1cccc(-c2cnc(NC3CCCCC3)nc2)c1. The van der Waals surface area contributed by atoms with Crippen LogP contribution in [-0.2, 0) is 6.54 Å². The Hall–Kier alpha value is -2.73. The fourth-order valence-corrected chi connectivity index (χ4v) is 3.97. The number of rotatable bonds is 6. The molecule has 0 radical (unpaired) electrons. The number of amides is 1. The van der Waals surface area contributed by atoms with E-state index in [9.17, 15) is 4.79 Å². The van der Waals surface area contributed by atoms with Gasteiger partial charge in [0.1, 0.15) is 0 Å². The van der Waals surface area contributed by atoms with Crippen LogP contribution in [0.2, 0.25) is 0 Å². The minimum Gasteiger partial charge on any atom is -0.351 e. The molecule has 1 amide bonds. The normalized spacial score (nSPS) is 14.3. The lowest BCUT2D eigenvalue weighted by molar-refractivity contribution is 0.0951. The van der Waals surface area contributed by atoms with Crippen molar-refractivity contribution in [2.24, 2.45) is 0 Å². The molecule has 0 bridgehead atoms. The van der Waals surface area contributed by atoms with Gasteiger partial charge in [-0.05, 0) is 48.2 Å². The summed E-state index contributed by atoms with van der Waals surface area (Å²) >= 11 is 3.42. The van der Waals surface area contributed by atoms with E-state index in [-0.39, 0.29) is 5.91 Å². The number of carbonyl (C=O) groups is 1. The van der Waals surface area contributed by atoms with Crippen LogP contribution < -0.4 is 10.6 Å². The zero-order valence-electron chi connectivity index (χ0n) is 16.8. The minimum atomic E-state index is -0.101. The van der Waals surface area contributed by atoms with E-state index < -0.39 is 0 Å². The summed E-state index contributed by atoms with van der Waals surface area (Å²) in [5, 5.41) is 6.41. The van der Waals surface area contributed by atoms with Gasteiger partial charge in [-0.25, -0.2) is 9.97 Å². The smallest absolute Gasteiger partial charge is 0.251 e. The largest absolute Gasteiger partial charge is 0.351 e. The minimum absolute atomic E-state index is 0.101. The maximum Gasteiger partial charge on any atom is 0.251 e. The monoisotopic (exact) mass is 464 g/mol. The van der Waals surface area contributed by atoms with E-state index in [2.05, 4.69) is 36.5 Å². The van der Waals surface area contributed by atoms with Gasteiger partial charge in [0.2, 0.25) is 5.95 Å². The summed E-state index contributed by atoms with van der Waals surface area (Å²) < 4.78 is 1.02. The van der Waals surface area contributed by atoms with E-state index in [1.54, 1.807) is 0 Å². The first kappa shape index (κ1) is 20.5. The van der Waals surface area contributed by atoms with Crippen LogP contribution in [0.25, 0.3) is 11.1 Å². The van der Waals surface area contributed by atoms with Crippen molar-refractivity contribution in [1.29, 1.82) is 0 Å². The number of halogens is 1. The van der Waals surface area contributed by atoms with Crippen molar-refractivity contribution < 1.29 is 4.79 Å². The zero-order chi connectivity index (χ0) is 20.8. The van der Waals surface area contributed by atoms with Crippen LogP contribution in [0.4, 0.5) is 5.95 Å². The molecule has 1 aliphatic rings. The molecular weight excluding hydrogens is 440 g/mol. The van der Waals surface area contributed by atoms with Gasteiger partial charge in [0.25, 0.3) is 5.91 Å². The molecule has 4 rings (SSSR count). The number of hydrogen-bond donors (Lipinski definition) is 2. The van der Waals surface area contributed by atoms with Gasteiger partial charge in [-0.1, -0.05) is 59.5 Å². The zero-order valence-corrected chi connectivity index (χ0v) is 18.4. The van der Waals surface area contributed by atoms with Gasteiger partial charge in [-0.3, -0.25) is 4.79 Å². The Morgan fingerprint density at radius 2 is 1.70 bits per heavy atom. The summed E-state index contributed by atoms with van der Waals surface area (Å²) in [6.45, 7) is 0.487. The number of benzene rings is 2. The fourth-order valence-electron chi connectivity index (χ4n) is 3.71. The van der Waals surface area contributed by atoms with Gasteiger partial charge < -0.3 is 10.6 Å². The summed E-state index contributed by atoms with van der Waals surface area (Å²) in [4.78, 5) is 21.5. The van der Waals surface area contributed by atoms with Crippen LogP contribution in [0.5, 0.6) is 0 Å². The quantitative estimate of drug-likeness (QED) is 0.499. The standard InChI is InChI=1S/C24H25BrN4O/c25-21-11-9-17(10-12-21)14-26-23(30)19-6-4-5-18(13-19)20-15-27-24(28-16-20)29-22-7-2-1-3-8-22/h4-6,9-13,15-16,22H,1-3,7-8,14H2,(H,26,30)(H,27,28,29). The lowest BCUT2D eigenvalue weighted by Gasteiger charge is -2.22. The van der Waals surface area contributed by atoms with Gasteiger partial charge in [-0.15, -0.1) is 0 Å². The summed E-state index contributed by atoms with van der Waals surface area (Å²) in [5.41, 5.74) is 3.49. The molecule has 2 N–H and O–H groups in total. The number of nitrogens with one attached hydrogen (secondary N) is 2. The summed E-state index contributed by atoms with van der Waals surface area (Å²) in [6.07, 6.45) is 9.86. The van der Waals surface area contributed by atoms with Crippen molar-refractivity contribution in [2.75, 3.05) is 5.32 Å². The van der Waals surface area contributed by atoms with Crippen LogP contribution in [0.3, 0.4) is 0 Å². The van der Waals surface area contributed by atoms with Crippen LogP contribution in [-0.4, -0.2) is 21.9 Å². The van der Waals surface area contributed by atoms with Crippen LogP contribution in [0.1, 0.15) is 48.0 Å².